The van der Waals surface area contributed by atoms with Gasteiger partial charge in [0.15, 0.2) is 0 Å². The van der Waals surface area contributed by atoms with Crippen LogP contribution in [0.3, 0.4) is 0 Å². The Labute approximate surface area is 133 Å². The summed E-state index contributed by atoms with van der Waals surface area (Å²) in [7, 11) is 0. The molecular weight excluding hydrogens is 276 g/mol. The Bertz CT molecular complexity index is 504. The van der Waals surface area contributed by atoms with Gasteiger partial charge in [0.2, 0.25) is 5.91 Å². The number of carbonyl (C=O) groups is 1. The van der Waals surface area contributed by atoms with Crippen LogP contribution in [0.15, 0.2) is 24.3 Å². The average molecular weight is 302 g/mol. The fourth-order valence-electron chi connectivity index (χ4n) is 3.38. The van der Waals surface area contributed by atoms with Crippen molar-refractivity contribution in [3.63, 3.8) is 0 Å². The SMILES string of the molecule is Cc1cccc(CC(=O)N2CCN(CC3CCOC3)CC2)c1. The van der Waals surface area contributed by atoms with Crippen molar-refractivity contribution in [1.82, 2.24) is 9.80 Å². The summed E-state index contributed by atoms with van der Waals surface area (Å²) >= 11 is 0. The van der Waals surface area contributed by atoms with Crippen molar-refractivity contribution in [3.05, 3.63) is 35.4 Å². The summed E-state index contributed by atoms with van der Waals surface area (Å²) in [5.74, 6) is 0.948. The molecule has 2 aliphatic heterocycles. The van der Waals surface area contributed by atoms with Gasteiger partial charge in [-0.2, -0.15) is 0 Å². The Morgan fingerprint density at radius 2 is 2.09 bits per heavy atom. The highest BCUT2D eigenvalue weighted by Gasteiger charge is 2.24. The van der Waals surface area contributed by atoms with E-state index >= 15 is 0 Å². The monoisotopic (exact) mass is 302 g/mol. The molecule has 0 saturated carbocycles. The number of hydrogen-bond acceptors (Lipinski definition) is 3. The predicted molar refractivity (Wildman–Crippen MR) is 86.8 cm³/mol. The predicted octanol–water partition coefficient (Wildman–Crippen LogP) is 1.72. The first kappa shape index (κ1) is 15.5. The molecule has 2 aliphatic rings. The van der Waals surface area contributed by atoms with Crippen molar-refractivity contribution >= 4 is 5.91 Å². The van der Waals surface area contributed by atoms with Gasteiger partial charge in [-0.3, -0.25) is 9.69 Å². The quantitative estimate of drug-likeness (QED) is 0.849. The molecule has 1 aromatic carbocycles. The van der Waals surface area contributed by atoms with E-state index in [4.69, 9.17) is 4.74 Å². The number of amides is 1. The minimum absolute atomic E-state index is 0.259. The fourth-order valence-corrected chi connectivity index (χ4v) is 3.38. The molecule has 0 aromatic heterocycles. The summed E-state index contributed by atoms with van der Waals surface area (Å²) in [6.07, 6.45) is 1.71. The topological polar surface area (TPSA) is 32.8 Å². The van der Waals surface area contributed by atoms with E-state index in [2.05, 4.69) is 24.0 Å². The van der Waals surface area contributed by atoms with Gasteiger partial charge in [-0.25, -0.2) is 0 Å². The molecule has 1 aromatic rings. The zero-order valence-corrected chi connectivity index (χ0v) is 13.5. The highest BCUT2D eigenvalue weighted by Crippen LogP contribution is 2.15. The van der Waals surface area contributed by atoms with Gasteiger partial charge in [-0.05, 0) is 24.8 Å². The number of carbonyl (C=O) groups excluding carboxylic acids is 1. The Hall–Kier alpha value is -1.39. The van der Waals surface area contributed by atoms with E-state index < -0.39 is 0 Å². The standard InChI is InChI=1S/C18H26N2O2/c1-15-3-2-4-16(11-15)12-18(21)20-8-6-19(7-9-20)13-17-5-10-22-14-17/h2-4,11,17H,5-10,12-14H2,1H3. The van der Waals surface area contributed by atoms with E-state index in [0.717, 1.165) is 51.5 Å². The Morgan fingerprint density at radius 3 is 2.77 bits per heavy atom. The first-order chi connectivity index (χ1) is 10.7. The second-order valence-electron chi connectivity index (χ2n) is 6.58. The molecule has 0 radical (unpaired) electrons. The van der Waals surface area contributed by atoms with Gasteiger partial charge < -0.3 is 9.64 Å². The molecule has 1 atom stereocenters. The molecule has 0 N–H and O–H groups in total. The largest absolute Gasteiger partial charge is 0.381 e. The third kappa shape index (κ3) is 4.08. The Morgan fingerprint density at radius 1 is 1.27 bits per heavy atom. The number of nitrogens with zero attached hydrogens (tertiary/aromatic N) is 2. The molecule has 2 fully saturated rings. The normalized spacial score (nSPS) is 23.0. The van der Waals surface area contributed by atoms with Gasteiger partial charge in [0.05, 0.1) is 13.0 Å². The summed E-state index contributed by atoms with van der Waals surface area (Å²) in [4.78, 5) is 16.9. The summed E-state index contributed by atoms with van der Waals surface area (Å²) < 4.78 is 5.44. The molecule has 4 heteroatoms. The van der Waals surface area contributed by atoms with E-state index in [0.29, 0.717) is 12.3 Å². The van der Waals surface area contributed by atoms with E-state index in [1.807, 2.05) is 17.0 Å². The van der Waals surface area contributed by atoms with Crippen LogP contribution in [-0.4, -0.2) is 61.6 Å². The lowest BCUT2D eigenvalue weighted by Gasteiger charge is -2.35. The number of piperazine rings is 1. The van der Waals surface area contributed by atoms with Crippen LogP contribution in [0.5, 0.6) is 0 Å². The third-order valence-corrected chi connectivity index (χ3v) is 4.70. The van der Waals surface area contributed by atoms with E-state index in [9.17, 15) is 4.79 Å². The Kier molecular flexibility index (Phi) is 5.11. The molecule has 3 rings (SSSR count). The lowest BCUT2D eigenvalue weighted by molar-refractivity contribution is -0.132. The first-order valence-corrected chi connectivity index (χ1v) is 8.34. The van der Waals surface area contributed by atoms with Gasteiger partial charge in [-0.15, -0.1) is 0 Å². The molecule has 4 nitrogen and oxygen atoms in total. The smallest absolute Gasteiger partial charge is 0.227 e. The lowest BCUT2D eigenvalue weighted by atomic mass is 10.1. The first-order valence-electron chi connectivity index (χ1n) is 8.34. The molecule has 2 saturated heterocycles. The van der Waals surface area contributed by atoms with Crippen LogP contribution in [0.2, 0.25) is 0 Å². The maximum Gasteiger partial charge on any atom is 0.227 e. The van der Waals surface area contributed by atoms with Crippen LogP contribution in [0.1, 0.15) is 17.5 Å². The van der Waals surface area contributed by atoms with E-state index in [-0.39, 0.29) is 5.91 Å². The molecule has 0 spiro atoms. The highest BCUT2D eigenvalue weighted by molar-refractivity contribution is 5.78. The summed E-state index contributed by atoms with van der Waals surface area (Å²) in [5, 5.41) is 0. The van der Waals surface area contributed by atoms with Crippen molar-refractivity contribution < 1.29 is 9.53 Å². The van der Waals surface area contributed by atoms with Gasteiger partial charge in [0.25, 0.3) is 0 Å². The maximum absolute atomic E-state index is 12.4. The summed E-state index contributed by atoms with van der Waals surface area (Å²) in [6, 6.07) is 8.24. The second kappa shape index (κ2) is 7.25. The van der Waals surface area contributed by atoms with Gasteiger partial charge in [0, 0.05) is 39.3 Å². The molecule has 1 amide bonds. The van der Waals surface area contributed by atoms with Crippen LogP contribution < -0.4 is 0 Å². The summed E-state index contributed by atoms with van der Waals surface area (Å²) in [6.45, 7) is 8.73. The highest BCUT2D eigenvalue weighted by atomic mass is 16.5. The lowest BCUT2D eigenvalue weighted by Crippen LogP contribution is -2.50. The number of rotatable bonds is 4. The number of ether oxygens (including phenoxy) is 1. The zero-order valence-electron chi connectivity index (χ0n) is 13.5. The molecule has 0 aliphatic carbocycles. The van der Waals surface area contributed by atoms with Crippen LogP contribution >= 0.6 is 0 Å². The molecule has 1 unspecified atom stereocenters. The Balaban J connectivity index is 1.45. The van der Waals surface area contributed by atoms with E-state index in [1.54, 1.807) is 0 Å². The van der Waals surface area contributed by atoms with Crippen LogP contribution in [-0.2, 0) is 16.0 Å². The van der Waals surface area contributed by atoms with Crippen molar-refractivity contribution in [2.24, 2.45) is 5.92 Å². The fraction of sp³-hybridized carbons (Fsp3) is 0.611. The average Bonchev–Trinajstić information content (AvgIpc) is 3.01. The maximum atomic E-state index is 12.4. The molecular formula is C18H26N2O2. The minimum atomic E-state index is 0.259. The zero-order chi connectivity index (χ0) is 15.4. The number of aryl methyl sites for hydroxylation is 1. The van der Waals surface area contributed by atoms with Crippen molar-refractivity contribution in [3.8, 4) is 0 Å². The molecule has 0 bridgehead atoms. The van der Waals surface area contributed by atoms with Crippen molar-refractivity contribution in [1.29, 1.82) is 0 Å². The molecule has 120 valence electrons. The van der Waals surface area contributed by atoms with Crippen LogP contribution in [0.25, 0.3) is 0 Å². The van der Waals surface area contributed by atoms with Gasteiger partial charge in [0.1, 0.15) is 0 Å². The van der Waals surface area contributed by atoms with Crippen molar-refractivity contribution in [2.45, 2.75) is 19.8 Å². The number of hydrogen-bond donors (Lipinski definition) is 0. The number of benzene rings is 1. The van der Waals surface area contributed by atoms with Gasteiger partial charge >= 0.3 is 0 Å². The van der Waals surface area contributed by atoms with Crippen molar-refractivity contribution in [2.75, 3.05) is 45.9 Å². The second-order valence-corrected chi connectivity index (χ2v) is 6.58. The molecule has 2 heterocycles. The van der Waals surface area contributed by atoms with Gasteiger partial charge in [-0.1, -0.05) is 29.8 Å². The van der Waals surface area contributed by atoms with E-state index in [1.165, 1.54) is 12.0 Å². The summed E-state index contributed by atoms with van der Waals surface area (Å²) in [5.41, 5.74) is 2.34. The molecule has 22 heavy (non-hydrogen) atoms. The third-order valence-electron chi connectivity index (χ3n) is 4.70. The van der Waals surface area contributed by atoms with Crippen LogP contribution in [0.4, 0.5) is 0 Å². The minimum Gasteiger partial charge on any atom is -0.381 e. The van der Waals surface area contributed by atoms with Crippen LogP contribution in [0, 0.1) is 12.8 Å².